The van der Waals surface area contributed by atoms with Crippen molar-refractivity contribution in [3.05, 3.63) is 24.3 Å². The lowest BCUT2D eigenvalue weighted by molar-refractivity contribution is -0.274. The fourth-order valence-electron chi connectivity index (χ4n) is 1.17. The van der Waals surface area contributed by atoms with Crippen LogP contribution >= 0.6 is 0 Å². The van der Waals surface area contributed by atoms with E-state index in [-0.39, 0.29) is 11.7 Å². The van der Waals surface area contributed by atoms with Gasteiger partial charge in [0.15, 0.2) is 5.96 Å². The molecule has 0 aromatic heterocycles. The monoisotopic (exact) mass is 271 g/mol. The van der Waals surface area contributed by atoms with Crippen molar-refractivity contribution in [2.24, 2.45) is 10.7 Å². The van der Waals surface area contributed by atoms with Crippen LogP contribution in [0.4, 0.5) is 18.9 Å². The number of alkyl halides is 3. The van der Waals surface area contributed by atoms with Crippen LogP contribution < -0.4 is 15.8 Å². The molecule has 0 heterocycles. The molecule has 1 rings (SSSR count). The predicted molar refractivity (Wildman–Crippen MR) is 66.7 cm³/mol. The van der Waals surface area contributed by atoms with E-state index in [4.69, 9.17) is 12.2 Å². The Hall–Kier alpha value is -2.36. The van der Waals surface area contributed by atoms with Crippen LogP contribution in [-0.2, 0) is 0 Å². The van der Waals surface area contributed by atoms with Gasteiger partial charge in [0.2, 0.25) is 0 Å². The molecule has 0 fully saturated rings. The fourth-order valence-corrected chi connectivity index (χ4v) is 1.17. The first-order valence-electron chi connectivity index (χ1n) is 5.27. The lowest BCUT2D eigenvalue weighted by Gasteiger charge is -2.10. The maximum atomic E-state index is 11.9. The fraction of sp³-hybridized carbons (Fsp3) is 0.250. The van der Waals surface area contributed by atoms with E-state index in [1.54, 1.807) is 0 Å². The van der Waals surface area contributed by atoms with Gasteiger partial charge in [-0.1, -0.05) is 0 Å². The third-order valence-corrected chi connectivity index (χ3v) is 1.90. The molecule has 0 radical (unpaired) electrons. The highest BCUT2D eigenvalue weighted by Crippen LogP contribution is 2.23. The molecule has 0 amide bonds. The largest absolute Gasteiger partial charge is 0.573 e. The first-order valence-corrected chi connectivity index (χ1v) is 5.27. The molecule has 0 spiro atoms. The van der Waals surface area contributed by atoms with Gasteiger partial charge in [-0.05, 0) is 24.3 Å². The van der Waals surface area contributed by atoms with Crippen LogP contribution in [0.1, 0.15) is 6.42 Å². The minimum absolute atomic E-state index is 0.139. The first-order chi connectivity index (χ1) is 8.90. The van der Waals surface area contributed by atoms with Crippen LogP contribution in [0.5, 0.6) is 5.75 Å². The minimum atomic E-state index is -4.70. The van der Waals surface area contributed by atoms with Crippen LogP contribution in [0.15, 0.2) is 29.3 Å². The third-order valence-electron chi connectivity index (χ3n) is 1.90. The van der Waals surface area contributed by atoms with Crippen molar-refractivity contribution in [3.8, 4) is 18.1 Å². The average Bonchev–Trinajstić information content (AvgIpc) is 2.30. The van der Waals surface area contributed by atoms with Gasteiger partial charge < -0.3 is 15.8 Å². The molecular weight excluding hydrogens is 259 g/mol. The number of aliphatic imine (C=N–C) groups is 1. The maximum Gasteiger partial charge on any atom is 0.573 e. The molecule has 0 saturated heterocycles. The Kier molecular flexibility index (Phi) is 5.06. The maximum absolute atomic E-state index is 11.9. The van der Waals surface area contributed by atoms with Gasteiger partial charge in [-0.2, -0.15) is 0 Å². The molecule has 0 unspecified atom stereocenters. The van der Waals surface area contributed by atoms with Gasteiger partial charge in [-0.3, -0.25) is 4.99 Å². The second-order valence-corrected chi connectivity index (χ2v) is 3.42. The highest BCUT2D eigenvalue weighted by molar-refractivity contribution is 5.92. The van der Waals surface area contributed by atoms with E-state index in [9.17, 15) is 13.2 Å². The molecule has 7 heteroatoms. The van der Waals surface area contributed by atoms with Crippen molar-refractivity contribution in [1.29, 1.82) is 0 Å². The molecular formula is C12H12F3N3O. The lowest BCUT2D eigenvalue weighted by atomic mass is 10.3. The zero-order valence-corrected chi connectivity index (χ0v) is 9.87. The van der Waals surface area contributed by atoms with E-state index >= 15 is 0 Å². The van der Waals surface area contributed by atoms with Gasteiger partial charge in [0.1, 0.15) is 5.75 Å². The average molecular weight is 271 g/mol. The quantitative estimate of drug-likeness (QED) is 0.382. The number of rotatable bonds is 4. The highest BCUT2D eigenvalue weighted by atomic mass is 19.4. The molecule has 0 aliphatic rings. The first kappa shape index (κ1) is 14.7. The Labute approximate surface area is 108 Å². The van der Waals surface area contributed by atoms with Crippen molar-refractivity contribution in [2.75, 3.05) is 11.9 Å². The lowest BCUT2D eigenvalue weighted by Crippen LogP contribution is -2.22. The topological polar surface area (TPSA) is 59.6 Å². The molecule has 1 aromatic rings. The van der Waals surface area contributed by atoms with E-state index < -0.39 is 6.36 Å². The van der Waals surface area contributed by atoms with Crippen molar-refractivity contribution < 1.29 is 17.9 Å². The van der Waals surface area contributed by atoms with Gasteiger partial charge in [-0.25, -0.2) is 0 Å². The molecule has 4 nitrogen and oxygen atoms in total. The molecule has 1 aromatic carbocycles. The molecule has 0 bridgehead atoms. The summed E-state index contributed by atoms with van der Waals surface area (Å²) in [5.41, 5.74) is 6.04. The Morgan fingerprint density at radius 2 is 2.00 bits per heavy atom. The number of benzene rings is 1. The summed E-state index contributed by atoms with van der Waals surface area (Å²) in [6.45, 7) is 0.380. The molecule has 0 aliphatic heterocycles. The summed E-state index contributed by atoms with van der Waals surface area (Å²) in [4.78, 5) is 3.92. The Bertz CT molecular complexity index is 474. The number of nitrogens with two attached hydrogens (primary N) is 1. The predicted octanol–water partition coefficient (Wildman–Crippen LogP) is 2.34. The summed E-state index contributed by atoms with van der Waals surface area (Å²) < 4.78 is 39.5. The standard InChI is InChI=1S/C12H12F3N3O/c1-2-3-8-17-11(16)18-9-4-6-10(7-5-9)19-12(13,14)15/h1,4-7H,3,8H2,(H3,16,17,18). The second kappa shape index (κ2) is 6.54. The molecule has 0 aliphatic carbocycles. The minimum Gasteiger partial charge on any atom is -0.406 e. The summed E-state index contributed by atoms with van der Waals surface area (Å²) in [6, 6.07) is 5.13. The number of ether oxygens (including phenoxy) is 1. The van der Waals surface area contributed by atoms with E-state index in [1.807, 2.05) is 0 Å². The molecule has 3 N–H and O–H groups in total. The summed E-state index contributed by atoms with van der Waals surface area (Å²) in [5.74, 6) is 2.24. The Balaban J connectivity index is 2.57. The Morgan fingerprint density at radius 1 is 1.37 bits per heavy atom. The van der Waals surface area contributed by atoms with Crippen LogP contribution in [0.3, 0.4) is 0 Å². The second-order valence-electron chi connectivity index (χ2n) is 3.42. The van der Waals surface area contributed by atoms with Gasteiger partial charge >= 0.3 is 6.36 Å². The Morgan fingerprint density at radius 3 is 2.53 bits per heavy atom. The van der Waals surface area contributed by atoms with Crippen molar-refractivity contribution in [3.63, 3.8) is 0 Å². The molecule has 0 atom stereocenters. The number of hydrogen-bond donors (Lipinski definition) is 2. The zero-order chi connectivity index (χ0) is 14.3. The van der Waals surface area contributed by atoms with Gasteiger partial charge in [0, 0.05) is 12.1 Å². The van der Waals surface area contributed by atoms with Gasteiger partial charge in [0.25, 0.3) is 0 Å². The number of terminal acetylenes is 1. The van der Waals surface area contributed by atoms with Crippen LogP contribution in [0, 0.1) is 12.3 Å². The van der Waals surface area contributed by atoms with Crippen LogP contribution in [0.2, 0.25) is 0 Å². The van der Waals surface area contributed by atoms with E-state index in [1.165, 1.54) is 24.3 Å². The third kappa shape index (κ3) is 6.21. The number of anilines is 1. The SMILES string of the molecule is C#CCCN=C(N)Nc1ccc(OC(F)(F)F)cc1. The number of halogens is 3. The number of nitrogens with one attached hydrogen (secondary N) is 1. The normalized spacial score (nSPS) is 11.8. The molecule has 0 saturated carbocycles. The van der Waals surface area contributed by atoms with E-state index in [0.717, 1.165) is 0 Å². The van der Waals surface area contributed by atoms with E-state index in [2.05, 4.69) is 21.0 Å². The summed E-state index contributed by atoms with van der Waals surface area (Å²) in [5, 5.41) is 2.71. The smallest absolute Gasteiger partial charge is 0.406 e. The van der Waals surface area contributed by atoms with Gasteiger partial charge in [-0.15, -0.1) is 25.5 Å². The number of nitrogens with zero attached hydrogens (tertiary/aromatic N) is 1. The summed E-state index contributed by atoms with van der Waals surface area (Å²) in [7, 11) is 0. The van der Waals surface area contributed by atoms with Crippen molar-refractivity contribution >= 4 is 11.6 Å². The van der Waals surface area contributed by atoms with E-state index in [0.29, 0.717) is 18.7 Å². The number of hydrogen-bond acceptors (Lipinski definition) is 2. The summed E-state index contributed by atoms with van der Waals surface area (Å²) in [6.07, 6.45) is 0.803. The molecule has 19 heavy (non-hydrogen) atoms. The zero-order valence-electron chi connectivity index (χ0n) is 9.87. The van der Waals surface area contributed by atoms with Crippen LogP contribution in [0.25, 0.3) is 0 Å². The van der Waals surface area contributed by atoms with Gasteiger partial charge in [0.05, 0.1) is 6.54 Å². The highest BCUT2D eigenvalue weighted by Gasteiger charge is 2.30. The van der Waals surface area contributed by atoms with Crippen LogP contribution in [-0.4, -0.2) is 18.9 Å². The number of guanidine groups is 1. The van der Waals surface area contributed by atoms with Crippen molar-refractivity contribution in [1.82, 2.24) is 0 Å². The summed E-state index contributed by atoms with van der Waals surface area (Å²) >= 11 is 0. The molecule has 102 valence electrons. The van der Waals surface area contributed by atoms with Crippen molar-refractivity contribution in [2.45, 2.75) is 12.8 Å².